The molecule has 0 aliphatic rings. The van der Waals surface area contributed by atoms with Gasteiger partial charge in [0, 0.05) is 17.0 Å². The topological polar surface area (TPSA) is 49.3 Å². The molecule has 0 amide bonds. The third-order valence-electron chi connectivity index (χ3n) is 3.58. The zero-order valence-corrected chi connectivity index (χ0v) is 18.9. The summed E-state index contributed by atoms with van der Waals surface area (Å²) in [5.74, 6) is 6.33. The van der Waals surface area contributed by atoms with E-state index >= 15 is 0 Å². The first kappa shape index (κ1) is 24.2. The molecule has 0 atom stereocenters. The number of aliphatic imine (C=N–C) groups is 1. The van der Waals surface area contributed by atoms with Gasteiger partial charge in [-0.15, -0.1) is 35.3 Å². The summed E-state index contributed by atoms with van der Waals surface area (Å²) in [6.07, 6.45) is -4.33. The van der Waals surface area contributed by atoms with E-state index in [1.807, 2.05) is 20.8 Å². The number of guanidine groups is 1. The quantitative estimate of drug-likeness (QED) is 0.269. The van der Waals surface area contributed by atoms with Crippen LogP contribution in [0.1, 0.15) is 33.6 Å². The number of thiazole rings is 1. The third kappa shape index (κ3) is 7.67. The largest absolute Gasteiger partial charge is 0.416 e. The number of nitrogens with one attached hydrogen (secondary N) is 2. The molecule has 0 aliphatic carbocycles. The van der Waals surface area contributed by atoms with Crippen molar-refractivity contribution in [2.24, 2.45) is 4.99 Å². The van der Waals surface area contributed by atoms with Crippen LogP contribution >= 0.6 is 35.3 Å². The Morgan fingerprint density at radius 1 is 1.18 bits per heavy atom. The van der Waals surface area contributed by atoms with Gasteiger partial charge in [-0.2, -0.15) is 13.2 Å². The highest BCUT2D eigenvalue weighted by molar-refractivity contribution is 14.0. The maximum atomic E-state index is 12.5. The molecule has 2 aromatic rings. The zero-order valence-electron chi connectivity index (χ0n) is 15.8. The van der Waals surface area contributed by atoms with E-state index in [1.54, 1.807) is 11.3 Å². The van der Waals surface area contributed by atoms with Crippen molar-refractivity contribution < 1.29 is 13.2 Å². The summed E-state index contributed by atoms with van der Waals surface area (Å²) in [6.45, 7) is 7.46. The molecule has 0 fully saturated rings. The molecule has 0 spiro atoms. The molecular weight excluding hydrogens is 500 g/mol. The molecule has 0 unspecified atom stereocenters. The first-order chi connectivity index (χ1) is 12.8. The van der Waals surface area contributed by atoms with Crippen LogP contribution < -0.4 is 10.6 Å². The summed E-state index contributed by atoms with van der Waals surface area (Å²) < 4.78 is 37.6. The minimum atomic E-state index is -4.33. The number of aryl methyl sites for hydroxylation is 2. The van der Waals surface area contributed by atoms with Crippen molar-refractivity contribution in [3.8, 4) is 11.8 Å². The van der Waals surface area contributed by atoms with Crippen molar-refractivity contribution in [1.29, 1.82) is 0 Å². The maximum absolute atomic E-state index is 12.5. The van der Waals surface area contributed by atoms with Gasteiger partial charge in [-0.25, -0.2) is 9.98 Å². The first-order valence-corrected chi connectivity index (χ1v) is 9.22. The molecular formula is C19H22F3IN4S. The molecule has 1 aromatic heterocycles. The molecule has 9 heteroatoms. The fourth-order valence-electron chi connectivity index (χ4n) is 2.11. The summed E-state index contributed by atoms with van der Waals surface area (Å²) in [5.41, 5.74) is 0.867. The Morgan fingerprint density at radius 2 is 1.86 bits per heavy atom. The van der Waals surface area contributed by atoms with E-state index in [4.69, 9.17) is 0 Å². The summed E-state index contributed by atoms with van der Waals surface area (Å²) in [6, 6.07) is 4.78. The second-order valence-corrected chi connectivity index (χ2v) is 6.96. The Hall–Kier alpha value is -1.80. The van der Waals surface area contributed by atoms with E-state index < -0.39 is 11.7 Å². The molecule has 1 aromatic carbocycles. The average molecular weight is 522 g/mol. The number of hydrogen-bond acceptors (Lipinski definition) is 3. The molecule has 4 nitrogen and oxygen atoms in total. The number of benzene rings is 1. The highest BCUT2D eigenvalue weighted by atomic mass is 127. The lowest BCUT2D eigenvalue weighted by atomic mass is 10.1. The molecule has 2 rings (SSSR count). The van der Waals surface area contributed by atoms with Crippen molar-refractivity contribution in [3.63, 3.8) is 0 Å². The van der Waals surface area contributed by atoms with E-state index in [0.717, 1.165) is 22.8 Å². The Labute approximate surface area is 184 Å². The van der Waals surface area contributed by atoms with Gasteiger partial charge in [0.1, 0.15) is 5.01 Å². The van der Waals surface area contributed by atoms with Crippen molar-refractivity contribution in [2.75, 3.05) is 13.1 Å². The average Bonchev–Trinajstić information content (AvgIpc) is 2.94. The van der Waals surface area contributed by atoms with E-state index in [2.05, 4.69) is 32.5 Å². The van der Waals surface area contributed by atoms with Gasteiger partial charge in [-0.1, -0.05) is 11.8 Å². The van der Waals surface area contributed by atoms with E-state index in [-0.39, 0.29) is 24.0 Å². The summed E-state index contributed by atoms with van der Waals surface area (Å²) in [5, 5.41) is 7.14. The highest BCUT2D eigenvalue weighted by Crippen LogP contribution is 2.28. The molecule has 2 N–H and O–H groups in total. The Kier molecular flexibility index (Phi) is 9.75. The molecule has 0 saturated carbocycles. The number of hydrogen-bond donors (Lipinski definition) is 2. The van der Waals surface area contributed by atoms with Gasteiger partial charge in [0.2, 0.25) is 0 Å². The van der Waals surface area contributed by atoms with Crippen LogP contribution in [0.3, 0.4) is 0 Å². The van der Waals surface area contributed by atoms with Gasteiger partial charge < -0.3 is 10.6 Å². The predicted octanol–water partition coefficient (Wildman–Crippen LogP) is 4.50. The summed E-state index contributed by atoms with van der Waals surface area (Å²) in [7, 11) is 0. The Morgan fingerprint density at radius 3 is 2.39 bits per heavy atom. The Bertz CT molecular complexity index is 829. The van der Waals surface area contributed by atoms with Gasteiger partial charge in [0.15, 0.2) is 5.96 Å². The van der Waals surface area contributed by atoms with Crippen LogP contribution in [-0.2, 0) is 12.7 Å². The first-order valence-electron chi connectivity index (χ1n) is 8.40. The van der Waals surface area contributed by atoms with Gasteiger partial charge >= 0.3 is 6.18 Å². The third-order valence-corrected chi connectivity index (χ3v) is 4.64. The van der Waals surface area contributed by atoms with E-state index in [0.29, 0.717) is 31.2 Å². The van der Waals surface area contributed by atoms with Crippen LogP contribution in [0.5, 0.6) is 0 Å². The van der Waals surface area contributed by atoms with Crippen molar-refractivity contribution in [3.05, 3.63) is 51.0 Å². The number of halogens is 4. The van der Waals surface area contributed by atoms with E-state index in [1.165, 1.54) is 17.0 Å². The molecule has 152 valence electrons. The van der Waals surface area contributed by atoms with Crippen LogP contribution in [0, 0.1) is 25.7 Å². The van der Waals surface area contributed by atoms with Crippen LogP contribution in [0.15, 0.2) is 29.3 Å². The van der Waals surface area contributed by atoms with E-state index in [9.17, 15) is 13.2 Å². The number of nitrogens with zero attached hydrogens (tertiary/aromatic N) is 2. The van der Waals surface area contributed by atoms with Crippen LogP contribution in [0.25, 0.3) is 0 Å². The van der Waals surface area contributed by atoms with Crippen molar-refractivity contribution in [2.45, 2.75) is 33.5 Å². The van der Waals surface area contributed by atoms with Crippen LogP contribution in [-0.4, -0.2) is 24.0 Å². The van der Waals surface area contributed by atoms with Crippen LogP contribution in [0.2, 0.25) is 0 Å². The maximum Gasteiger partial charge on any atom is 0.416 e. The fraction of sp³-hybridized carbons (Fsp3) is 0.368. The standard InChI is InChI=1S/C19H21F3N4S.HI/c1-4-23-18(25-12-17-26-13(2)14(3)27-17)24-11-5-6-15-7-9-16(10-8-15)19(20,21)22;/h7-10H,4,11-12H2,1-3H3,(H2,23,24,25);1H. The minimum Gasteiger partial charge on any atom is -0.357 e. The predicted molar refractivity (Wildman–Crippen MR) is 118 cm³/mol. The Balaban J connectivity index is 0.00000392. The van der Waals surface area contributed by atoms with Crippen molar-refractivity contribution >= 4 is 41.3 Å². The molecule has 0 aliphatic heterocycles. The van der Waals surface area contributed by atoms with Gasteiger partial charge in [-0.05, 0) is 45.0 Å². The molecule has 28 heavy (non-hydrogen) atoms. The molecule has 0 saturated heterocycles. The lowest BCUT2D eigenvalue weighted by molar-refractivity contribution is -0.137. The number of aromatic nitrogens is 1. The lowest BCUT2D eigenvalue weighted by Crippen LogP contribution is -2.37. The van der Waals surface area contributed by atoms with Gasteiger partial charge in [-0.3, -0.25) is 0 Å². The SMILES string of the molecule is CCNC(=NCc1nc(C)c(C)s1)NCC#Cc1ccc(C(F)(F)F)cc1.I. The molecule has 0 radical (unpaired) electrons. The van der Waals surface area contributed by atoms with Gasteiger partial charge in [0.25, 0.3) is 0 Å². The normalized spacial score (nSPS) is 11.3. The smallest absolute Gasteiger partial charge is 0.357 e. The minimum absolute atomic E-state index is 0. The highest BCUT2D eigenvalue weighted by Gasteiger charge is 2.29. The fourth-order valence-corrected chi connectivity index (χ4v) is 2.97. The monoisotopic (exact) mass is 522 g/mol. The second-order valence-electron chi connectivity index (χ2n) is 5.67. The number of alkyl halides is 3. The van der Waals surface area contributed by atoms with Gasteiger partial charge in [0.05, 0.1) is 24.3 Å². The van der Waals surface area contributed by atoms with Crippen LogP contribution in [0.4, 0.5) is 13.2 Å². The molecule has 0 bridgehead atoms. The number of rotatable bonds is 4. The second kappa shape index (κ2) is 11.3. The summed E-state index contributed by atoms with van der Waals surface area (Å²) >= 11 is 1.62. The van der Waals surface area contributed by atoms with Crippen molar-refractivity contribution in [1.82, 2.24) is 15.6 Å². The molecule has 1 heterocycles. The summed E-state index contributed by atoms with van der Waals surface area (Å²) in [4.78, 5) is 10.1. The zero-order chi connectivity index (χ0) is 19.9. The lowest BCUT2D eigenvalue weighted by Gasteiger charge is -2.08.